The van der Waals surface area contributed by atoms with Crippen molar-refractivity contribution in [2.24, 2.45) is 0 Å². The van der Waals surface area contributed by atoms with Crippen molar-refractivity contribution in [2.75, 3.05) is 25.4 Å². The lowest BCUT2D eigenvalue weighted by molar-refractivity contribution is -0.130. The maximum absolute atomic E-state index is 12.0. The minimum atomic E-state index is -0.382. The van der Waals surface area contributed by atoms with Gasteiger partial charge in [0, 0.05) is 13.1 Å². The van der Waals surface area contributed by atoms with Crippen molar-refractivity contribution < 1.29 is 9.59 Å². The van der Waals surface area contributed by atoms with Crippen molar-refractivity contribution in [1.82, 2.24) is 10.2 Å². The summed E-state index contributed by atoms with van der Waals surface area (Å²) in [5, 5.41) is 2.81. The van der Waals surface area contributed by atoms with Gasteiger partial charge in [0.25, 0.3) is 5.91 Å². The van der Waals surface area contributed by atoms with Crippen molar-refractivity contribution in [1.29, 1.82) is 0 Å². The Labute approximate surface area is 123 Å². The molecule has 1 aromatic carbocycles. The van der Waals surface area contributed by atoms with Crippen molar-refractivity contribution in [2.45, 2.75) is 19.3 Å². The fourth-order valence-electron chi connectivity index (χ4n) is 2.23. The summed E-state index contributed by atoms with van der Waals surface area (Å²) in [5.74, 6) is -0.439. The Morgan fingerprint density at radius 3 is 2.65 bits per heavy atom. The zero-order chi connectivity index (χ0) is 14.5. The van der Waals surface area contributed by atoms with Crippen LogP contribution >= 0.6 is 11.6 Å². The van der Waals surface area contributed by atoms with E-state index < -0.39 is 0 Å². The third kappa shape index (κ3) is 3.42. The summed E-state index contributed by atoms with van der Waals surface area (Å²) in [6.07, 6.45) is 3.22. The summed E-state index contributed by atoms with van der Waals surface area (Å²) in [6.45, 7) is 1.53. The largest absolute Gasteiger partial charge is 0.398 e. The number of nitrogens with zero attached hydrogens (tertiary/aromatic N) is 1. The highest BCUT2D eigenvalue weighted by Crippen LogP contribution is 2.22. The number of likely N-dealkylation sites (tertiary alicyclic amines) is 1. The summed E-state index contributed by atoms with van der Waals surface area (Å²) < 4.78 is 0. The predicted octanol–water partition coefficient (Wildman–Crippen LogP) is 1.66. The summed E-state index contributed by atoms with van der Waals surface area (Å²) in [6, 6.07) is 4.86. The van der Waals surface area contributed by atoms with E-state index in [4.69, 9.17) is 17.3 Å². The molecule has 108 valence electrons. The summed E-state index contributed by atoms with van der Waals surface area (Å²) in [4.78, 5) is 25.7. The normalized spacial score (nSPS) is 14.9. The molecular weight excluding hydrogens is 278 g/mol. The third-order valence-corrected chi connectivity index (χ3v) is 3.80. The van der Waals surface area contributed by atoms with Gasteiger partial charge in [0.2, 0.25) is 5.91 Å². The molecule has 5 nitrogen and oxygen atoms in total. The molecule has 0 radical (unpaired) electrons. The van der Waals surface area contributed by atoms with Crippen LogP contribution in [0.1, 0.15) is 29.6 Å². The molecule has 1 saturated heterocycles. The Morgan fingerprint density at radius 1 is 1.25 bits per heavy atom. The van der Waals surface area contributed by atoms with Gasteiger partial charge < -0.3 is 16.0 Å². The molecule has 0 aliphatic carbocycles. The van der Waals surface area contributed by atoms with Crippen LogP contribution in [0, 0.1) is 0 Å². The second-order valence-electron chi connectivity index (χ2n) is 4.83. The first kappa shape index (κ1) is 14.7. The number of carbonyl (C=O) groups excluding carboxylic acids is 2. The van der Waals surface area contributed by atoms with E-state index in [-0.39, 0.29) is 28.9 Å². The number of hydrogen-bond acceptors (Lipinski definition) is 3. The first-order valence-electron chi connectivity index (χ1n) is 6.69. The van der Waals surface area contributed by atoms with Gasteiger partial charge in [-0.05, 0) is 31.4 Å². The first-order valence-corrected chi connectivity index (χ1v) is 7.07. The first-order chi connectivity index (χ1) is 9.59. The standard InChI is InChI=1S/C14H18ClN3O2/c15-13-10(5-4-6-11(13)16)14(20)17-9-12(19)18-7-2-1-3-8-18/h4-6H,1-3,7-9,16H2,(H,17,20). The van der Waals surface area contributed by atoms with Gasteiger partial charge in [0.05, 0.1) is 22.8 Å². The smallest absolute Gasteiger partial charge is 0.253 e. The molecule has 20 heavy (non-hydrogen) atoms. The quantitative estimate of drug-likeness (QED) is 0.833. The Balaban J connectivity index is 1.91. The molecule has 0 saturated carbocycles. The van der Waals surface area contributed by atoms with Gasteiger partial charge in [-0.25, -0.2) is 0 Å². The molecule has 1 aliphatic rings. The van der Waals surface area contributed by atoms with Crippen LogP contribution in [0.25, 0.3) is 0 Å². The number of anilines is 1. The Bertz CT molecular complexity index is 513. The average Bonchev–Trinajstić information content (AvgIpc) is 2.48. The lowest BCUT2D eigenvalue weighted by Gasteiger charge is -2.26. The highest BCUT2D eigenvalue weighted by Gasteiger charge is 2.18. The molecular formula is C14H18ClN3O2. The van der Waals surface area contributed by atoms with E-state index in [9.17, 15) is 9.59 Å². The highest BCUT2D eigenvalue weighted by atomic mass is 35.5. The molecule has 0 unspecified atom stereocenters. The highest BCUT2D eigenvalue weighted by molar-refractivity contribution is 6.36. The SMILES string of the molecule is Nc1cccc(C(=O)NCC(=O)N2CCCCC2)c1Cl. The number of benzene rings is 1. The van der Waals surface area contributed by atoms with Crippen LogP contribution in [0.2, 0.25) is 5.02 Å². The molecule has 3 N–H and O–H groups in total. The predicted molar refractivity (Wildman–Crippen MR) is 78.6 cm³/mol. The molecule has 1 aromatic rings. The molecule has 6 heteroatoms. The summed E-state index contributed by atoms with van der Waals surface area (Å²) >= 11 is 5.97. The maximum Gasteiger partial charge on any atom is 0.253 e. The van der Waals surface area contributed by atoms with Crippen LogP contribution in [0.5, 0.6) is 0 Å². The fourth-order valence-corrected chi connectivity index (χ4v) is 2.44. The van der Waals surface area contributed by atoms with Gasteiger partial charge in [-0.2, -0.15) is 0 Å². The zero-order valence-electron chi connectivity index (χ0n) is 11.2. The topological polar surface area (TPSA) is 75.4 Å². The molecule has 1 aliphatic heterocycles. The Morgan fingerprint density at radius 2 is 1.95 bits per heavy atom. The van der Waals surface area contributed by atoms with Gasteiger partial charge in [0.15, 0.2) is 0 Å². The molecule has 2 amide bonds. The number of nitrogens with two attached hydrogens (primary N) is 1. The maximum atomic E-state index is 12.0. The van der Waals surface area contributed by atoms with Gasteiger partial charge in [-0.1, -0.05) is 17.7 Å². The zero-order valence-corrected chi connectivity index (χ0v) is 11.9. The lowest BCUT2D eigenvalue weighted by atomic mass is 10.1. The molecule has 0 aromatic heterocycles. The van der Waals surface area contributed by atoms with Crippen molar-refractivity contribution in [3.05, 3.63) is 28.8 Å². The number of amides is 2. The van der Waals surface area contributed by atoms with E-state index in [0.717, 1.165) is 32.4 Å². The second kappa shape index (κ2) is 6.61. The fraction of sp³-hybridized carbons (Fsp3) is 0.429. The van der Waals surface area contributed by atoms with E-state index >= 15 is 0 Å². The van der Waals surface area contributed by atoms with Crippen molar-refractivity contribution in [3.8, 4) is 0 Å². The molecule has 2 rings (SSSR count). The lowest BCUT2D eigenvalue weighted by Crippen LogP contribution is -2.42. The Hall–Kier alpha value is -1.75. The van der Waals surface area contributed by atoms with E-state index in [1.165, 1.54) is 0 Å². The number of nitrogens with one attached hydrogen (secondary N) is 1. The van der Waals surface area contributed by atoms with Crippen molar-refractivity contribution >= 4 is 29.1 Å². The van der Waals surface area contributed by atoms with Crippen molar-refractivity contribution in [3.63, 3.8) is 0 Å². The van der Waals surface area contributed by atoms with Crippen LogP contribution < -0.4 is 11.1 Å². The average molecular weight is 296 g/mol. The van der Waals surface area contributed by atoms with Crippen LogP contribution in [0.4, 0.5) is 5.69 Å². The number of hydrogen-bond donors (Lipinski definition) is 2. The molecule has 0 atom stereocenters. The minimum Gasteiger partial charge on any atom is -0.398 e. The molecule has 1 heterocycles. The van der Waals surface area contributed by atoms with E-state index in [1.807, 2.05) is 0 Å². The Kier molecular flexibility index (Phi) is 4.84. The number of rotatable bonds is 3. The van der Waals surface area contributed by atoms with E-state index in [0.29, 0.717) is 5.69 Å². The number of halogens is 1. The summed E-state index contributed by atoms with van der Waals surface area (Å²) in [5.41, 5.74) is 6.28. The van der Waals surface area contributed by atoms with Crippen LogP contribution in [-0.4, -0.2) is 36.3 Å². The van der Waals surface area contributed by atoms with E-state index in [1.54, 1.807) is 23.1 Å². The van der Waals surface area contributed by atoms with Gasteiger partial charge in [0.1, 0.15) is 0 Å². The minimum absolute atomic E-state index is 0.00996. The summed E-state index contributed by atoms with van der Waals surface area (Å²) in [7, 11) is 0. The molecule has 0 bridgehead atoms. The van der Waals surface area contributed by atoms with Crippen LogP contribution in [0.15, 0.2) is 18.2 Å². The van der Waals surface area contributed by atoms with Gasteiger partial charge in [-0.15, -0.1) is 0 Å². The third-order valence-electron chi connectivity index (χ3n) is 3.38. The monoisotopic (exact) mass is 295 g/mol. The molecule has 0 spiro atoms. The second-order valence-corrected chi connectivity index (χ2v) is 5.21. The van der Waals surface area contributed by atoms with E-state index in [2.05, 4.69) is 5.32 Å². The molecule has 1 fully saturated rings. The number of carbonyl (C=O) groups is 2. The van der Waals surface area contributed by atoms with Gasteiger partial charge in [-0.3, -0.25) is 9.59 Å². The van der Waals surface area contributed by atoms with Crippen LogP contribution in [-0.2, 0) is 4.79 Å². The van der Waals surface area contributed by atoms with Gasteiger partial charge >= 0.3 is 0 Å². The van der Waals surface area contributed by atoms with Crippen LogP contribution in [0.3, 0.4) is 0 Å². The number of piperidine rings is 1. The number of nitrogen functional groups attached to an aromatic ring is 1.